The third kappa shape index (κ3) is 7.13. The predicted molar refractivity (Wildman–Crippen MR) is 113 cm³/mol. The molecule has 3 amide bonds. The van der Waals surface area contributed by atoms with Gasteiger partial charge in [0, 0.05) is 32.6 Å². The average Bonchev–Trinajstić information content (AvgIpc) is 2.76. The molecular formula is C22H30F3N3O4. The average molecular weight is 457 g/mol. The first-order chi connectivity index (χ1) is 15.2. The van der Waals surface area contributed by atoms with Gasteiger partial charge in [-0.15, -0.1) is 0 Å². The summed E-state index contributed by atoms with van der Waals surface area (Å²) < 4.78 is 44.6. The summed E-state index contributed by atoms with van der Waals surface area (Å²) in [6.45, 7) is 4.99. The largest absolute Gasteiger partial charge is 0.466 e. The van der Waals surface area contributed by atoms with Crippen LogP contribution in [0.3, 0.4) is 0 Å². The first-order valence-electron chi connectivity index (χ1n) is 10.8. The van der Waals surface area contributed by atoms with Gasteiger partial charge in [0.1, 0.15) is 0 Å². The van der Waals surface area contributed by atoms with Crippen molar-refractivity contribution in [1.82, 2.24) is 9.80 Å². The van der Waals surface area contributed by atoms with Gasteiger partial charge in [-0.2, -0.15) is 13.2 Å². The van der Waals surface area contributed by atoms with Crippen LogP contribution in [0.25, 0.3) is 0 Å². The third-order valence-corrected chi connectivity index (χ3v) is 5.24. The Bertz CT molecular complexity index is 801. The van der Waals surface area contributed by atoms with Gasteiger partial charge in [-0.05, 0) is 38.3 Å². The van der Waals surface area contributed by atoms with Crippen molar-refractivity contribution in [3.8, 4) is 0 Å². The fourth-order valence-corrected chi connectivity index (χ4v) is 3.66. The lowest BCUT2D eigenvalue weighted by Gasteiger charge is -2.32. The molecule has 1 fully saturated rings. The zero-order valence-electron chi connectivity index (χ0n) is 18.4. The second-order valence-electron chi connectivity index (χ2n) is 7.64. The molecule has 1 unspecified atom stereocenters. The van der Waals surface area contributed by atoms with Crippen LogP contribution in [0.15, 0.2) is 24.3 Å². The van der Waals surface area contributed by atoms with E-state index in [9.17, 15) is 27.6 Å². The number of para-hydroxylation sites is 1. The highest BCUT2D eigenvalue weighted by Gasteiger charge is 2.34. The summed E-state index contributed by atoms with van der Waals surface area (Å²) in [7, 11) is 0. The molecule has 1 atom stereocenters. The molecule has 0 spiro atoms. The molecule has 1 saturated heterocycles. The summed E-state index contributed by atoms with van der Waals surface area (Å²) in [6.07, 6.45) is -2.66. The molecular weight excluding hydrogens is 427 g/mol. The maximum Gasteiger partial charge on any atom is 0.418 e. The molecule has 0 aliphatic carbocycles. The quantitative estimate of drug-likeness (QED) is 0.595. The second-order valence-corrected chi connectivity index (χ2v) is 7.64. The van der Waals surface area contributed by atoms with Gasteiger partial charge < -0.3 is 19.9 Å². The van der Waals surface area contributed by atoms with E-state index < -0.39 is 17.8 Å². The fourth-order valence-electron chi connectivity index (χ4n) is 3.66. The minimum absolute atomic E-state index is 0.0177. The van der Waals surface area contributed by atoms with Crippen LogP contribution in [0.2, 0.25) is 0 Å². The van der Waals surface area contributed by atoms with Crippen LogP contribution in [0, 0.1) is 5.92 Å². The van der Waals surface area contributed by atoms with E-state index in [1.807, 2.05) is 6.92 Å². The van der Waals surface area contributed by atoms with Gasteiger partial charge in [0.25, 0.3) is 0 Å². The van der Waals surface area contributed by atoms with Gasteiger partial charge >= 0.3 is 18.2 Å². The van der Waals surface area contributed by atoms with E-state index in [1.54, 1.807) is 11.8 Å². The maximum absolute atomic E-state index is 13.2. The Morgan fingerprint density at radius 1 is 1.19 bits per heavy atom. The molecule has 1 aromatic carbocycles. The van der Waals surface area contributed by atoms with Crippen LogP contribution in [-0.4, -0.2) is 60.5 Å². The van der Waals surface area contributed by atoms with Gasteiger partial charge in [0.15, 0.2) is 0 Å². The first-order valence-corrected chi connectivity index (χ1v) is 10.8. The Hall–Kier alpha value is -2.78. The van der Waals surface area contributed by atoms with Gasteiger partial charge in [-0.3, -0.25) is 9.59 Å². The number of rotatable bonds is 8. The molecule has 0 saturated carbocycles. The molecule has 2 rings (SSSR count). The van der Waals surface area contributed by atoms with Crippen molar-refractivity contribution in [3.05, 3.63) is 29.8 Å². The minimum Gasteiger partial charge on any atom is -0.466 e. The van der Waals surface area contributed by atoms with E-state index in [-0.39, 0.29) is 49.6 Å². The number of likely N-dealkylation sites (tertiary alicyclic amines) is 1. The number of urea groups is 1. The Labute approximate surface area is 185 Å². The smallest absolute Gasteiger partial charge is 0.418 e. The first kappa shape index (κ1) is 25.5. The Morgan fingerprint density at radius 2 is 1.91 bits per heavy atom. The molecule has 10 heteroatoms. The highest BCUT2D eigenvalue weighted by atomic mass is 19.4. The number of nitrogens with one attached hydrogen (secondary N) is 1. The monoisotopic (exact) mass is 457 g/mol. The van der Waals surface area contributed by atoms with Crippen molar-refractivity contribution in [2.45, 2.75) is 45.7 Å². The van der Waals surface area contributed by atoms with E-state index in [2.05, 4.69) is 5.32 Å². The van der Waals surface area contributed by atoms with Crippen LogP contribution in [-0.2, 0) is 20.5 Å². The number of carbonyl (C=O) groups is 3. The van der Waals surface area contributed by atoms with E-state index in [0.29, 0.717) is 32.4 Å². The van der Waals surface area contributed by atoms with Crippen LogP contribution in [0.4, 0.5) is 23.7 Å². The number of benzene rings is 1. The number of alkyl halides is 3. The number of ether oxygens (including phenoxy) is 1. The Morgan fingerprint density at radius 3 is 2.56 bits per heavy atom. The van der Waals surface area contributed by atoms with Crippen molar-refractivity contribution >= 4 is 23.6 Å². The molecule has 1 N–H and O–H groups in total. The molecule has 1 aliphatic rings. The number of hydrogen-bond donors (Lipinski definition) is 1. The summed E-state index contributed by atoms with van der Waals surface area (Å²) in [4.78, 5) is 40.2. The maximum atomic E-state index is 13.2. The lowest BCUT2D eigenvalue weighted by molar-refractivity contribution is -0.151. The number of piperidine rings is 1. The molecule has 0 radical (unpaired) electrons. The van der Waals surface area contributed by atoms with Crippen molar-refractivity contribution in [2.75, 3.05) is 38.1 Å². The van der Waals surface area contributed by atoms with Crippen LogP contribution < -0.4 is 5.32 Å². The summed E-state index contributed by atoms with van der Waals surface area (Å²) in [6, 6.07) is 4.07. The van der Waals surface area contributed by atoms with E-state index in [4.69, 9.17) is 4.74 Å². The summed E-state index contributed by atoms with van der Waals surface area (Å²) >= 11 is 0. The topological polar surface area (TPSA) is 79.0 Å². The van der Waals surface area contributed by atoms with Gasteiger partial charge in [0.2, 0.25) is 5.91 Å². The van der Waals surface area contributed by atoms with Gasteiger partial charge in [-0.25, -0.2) is 4.79 Å². The summed E-state index contributed by atoms with van der Waals surface area (Å²) in [5.41, 5.74) is -1.26. The van der Waals surface area contributed by atoms with Crippen molar-refractivity contribution in [3.63, 3.8) is 0 Å². The minimum atomic E-state index is -4.60. The standard InChI is InChI=1S/C22H30F3N3O4/c1-3-12-27(21(31)26-18-10-6-5-9-17(18)22(23,24)25)14-11-19(29)28-13-7-8-16(15-28)20(30)32-4-2/h5-6,9-10,16H,3-4,7-8,11-15H2,1-2H3,(H,26,31). The highest BCUT2D eigenvalue weighted by Crippen LogP contribution is 2.34. The van der Waals surface area contributed by atoms with E-state index in [0.717, 1.165) is 6.07 Å². The number of carbonyl (C=O) groups excluding carboxylic acids is 3. The summed E-state index contributed by atoms with van der Waals surface area (Å²) in [5.74, 6) is -0.884. The molecule has 7 nitrogen and oxygen atoms in total. The molecule has 0 bridgehead atoms. The van der Waals surface area contributed by atoms with Crippen molar-refractivity contribution in [1.29, 1.82) is 0 Å². The fraction of sp³-hybridized carbons (Fsp3) is 0.591. The zero-order chi connectivity index (χ0) is 23.7. The summed E-state index contributed by atoms with van der Waals surface area (Å²) in [5, 5.41) is 2.32. The highest BCUT2D eigenvalue weighted by molar-refractivity contribution is 5.90. The van der Waals surface area contributed by atoms with Crippen LogP contribution in [0.1, 0.15) is 45.1 Å². The number of anilines is 1. The number of hydrogen-bond acceptors (Lipinski definition) is 4. The van der Waals surface area contributed by atoms with Crippen molar-refractivity contribution < 1.29 is 32.3 Å². The SMILES string of the molecule is CCCN(CCC(=O)N1CCCC(C(=O)OCC)C1)C(=O)Nc1ccccc1C(F)(F)F. The molecule has 1 heterocycles. The van der Waals surface area contributed by atoms with Crippen molar-refractivity contribution in [2.24, 2.45) is 5.92 Å². The number of esters is 1. The molecule has 1 aromatic rings. The van der Waals surface area contributed by atoms with E-state index >= 15 is 0 Å². The van der Waals surface area contributed by atoms with Gasteiger partial charge in [-0.1, -0.05) is 19.1 Å². The normalized spacial score (nSPS) is 16.4. The predicted octanol–water partition coefficient (Wildman–Crippen LogP) is 4.14. The third-order valence-electron chi connectivity index (χ3n) is 5.24. The van der Waals surface area contributed by atoms with Crippen LogP contribution >= 0.6 is 0 Å². The Kier molecular flexibility index (Phi) is 9.34. The van der Waals surface area contributed by atoms with Crippen LogP contribution in [0.5, 0.6) is 0 Å². The number of halogens is 3. The zero-order valence-corrected chi connectivity index (χ0v) is 18.4. The molecule has 178 valence electrons. The molecule has 0 aromatic heterocycles. The Balaban J connectivity index is 1.98. The van der Waals surface area contributed by atoms with Gasteiger partial charge in [0.05, 0.1) is 23.8 Å². The number of nitrogens with zero attached hydrogens (tertiary/aromatic N) is 2. The number of amides is 3. The molecule has 32 heavy (non-hydrogen) atoms. The molecule has 1 aliphatic heterocycles. The lowest BCUT2D eigenvalue weighted by atomic mass is 9.98. The second kappa shape index (κ2) is 11.7. The lowest BCUT2D eigenvalue weighted by Crippen LogP contribution is -2.44. The van der Waals surface area contributed by atoms with E-state index in [1.165, 1.54) is 23.1 Å².